The summed E-state index contributed by atoms with van der Waals surface area (Å²) in [6.07, 6.45) is 3.42. The van der Waals surface area contributed by atoms with Crippen LogP contribution < -0.4 is 4.74 Å². The average Bonchev–Trinajstić information content (AvgIpc) is 3.34. The minimum Gasteiger partial charge on any atom is -0.495 e. The second kappa shape index (κ2) is 7.66. The number of fused-ring (bicyclic) bond motifs is 1. The number of methoxy groups -OCH3 is 2. The topological polar surface area (TPSA) is 80.9 Å². The van der Waals surface area contributed by atoms with Crippen molar-refractivity contribution in [3.63, 3.8) is 0 Å². The third-order valence-electron chi connectivity index (χ3n) is 5.17. The van der Waals surface area contributed by atoms with E-state index >= 15 is 0 Å². The minimum atomic E-state index is -0.146. The molecule has 0 radical (unpaired) electrons. The summed E-state index contributed by atoms with van der Waals surface area (Å²) >= 11 is 0. The van der Waals surface area contributed by atoms with E-state index in [1.165, 1.54) is 0 Å². The van der Waals surface area contributed by atoms with E-state index in [-0.39, 0.29) is 17.9 Å². The fraction of sp³-hybridized carbons (Fsp3) is 0.526. The van der Waals surface area contributed by atoms with Gasteiger partial charge in [-0.2, -0.15) is 0 Å². The Kier molecular flexibility index (Phi) is 5.09. The Morgan fingerprint density at radius 3 is 2.93 bits per heavy atom. The number of ether oxygens (including phenoxy) is 2. The summed E-state index contributed by atoms with van der Waals surface area (Å²) in [5, 5.41) is 0. The number of carbonyl (C=O) groups excluding carboxylic acids is 1. The number of aromatic nitrogens is 2. The normalized spacial score (nSPS) is 19.9. The lowest BCUT2D eigenvalue weighted by atomic mass is 10.1. The van der Waals surface area contributed by atoms with E-state index in [0.29, 0.717) is 19.6 Å². The zero-order chi connectivity index (χ0) is 18.8. The largest absolute Gasteiger partial charge is 0.495 e. The van der Waals surface area contributed by atoms with Crippen molar-refractivity contribution in [1.82, 2.24) is 19.8 Å². The van der Waals surface area contributed by atoms with Crippen LogP contribution in [0.25, 0.3) is 0 Å². The number of amides is 1. The highest BCUT2D eigenvalue weighted by Gasteiger charge is 2.31. The van der Waals surface area contributed by atoms with Crippen molar-refractivity contribution in [3.8, 4) is 5.75 Å². The van der Waals surface area contributed by atoms with Gasteiger partial charge in [0.05, 0.1) is 30.8 Å². The number of hydrogen-bond donors (Lipinski definition) is 0. The van der Waals surface area contributed by atoms with Gasteiger partial charge < -0.3 is 18.8 Å². The summed E-state index contributed by atoms with van der Waals surface area (Å²) in [4.78, 5) is 25.5. The fourth-order valence-electron chi connectivity index (χ4n) is 3.57. The molecule has 0 spiro atoms. The number of rotatable bonds is 5. The predicted octanol–water partition coefficient (Wildman–Crippen LogP) is 1.50. The molecule has 0 saturated carbocycles. The number of carbonyl (C=O) groups is 1. The molecule has 0 N–H and O–H groups in total. The Balaban J connectivity index is 1.40. The van der Waals surface area contributed by atoms with Gasteiger partial charge >= 0.3 is 5.91 Å². The lowest BCUT2D eigenvalue weighted by molar-refractivity contribution is 0.0687. The highest BCUT2D eigenvalue weighted by Crippen LogP contribution is 2.23. The molecular formula is C19H24N4O4. The van der Waals surface area contributed by atoms with Crippen molar-refractivity contribution < 1.29 is 18.7 Å². The van der Waals surface area contributed by atoms with Gasteiger partial charge in [-0.3, -0.25) is 14.7 Å². The minimum absolute atomic E-state index is 0.103. The van der Waals surface area contributed by atoms with Crippen molar-refractivity contribution in [2.24, 2.45) is 0 Å². The standard InChI is InChI=1S/C19H24N4O4/c1-25-14-4-3-13(20-9-14)10-22-7-6-17-16(12-22)21-18(27-17)19(24)23-8-5-15(11-23)26-2/h3-4,9,15H,5-8,10-12H2,1-2H3/t15-/m0/s1. The van der Waals surface area contributed by atoms with E-state index in [2.05, 4.69) is 14.9 Å². The molecule has 2 aliphatic rings. The first-order valence-corrected chi connectivity index (χ1v) is 9.18. The smallest absolute Gasteiger partial charge is 0.309 e. The molecule has 2 aromatic rings. The zero-order valence-corrected chi connectivity index (χ0v) is 15.7. The third-order valence-corrected chi connectivity index (χ3v) is 5.17. The molecule has 0 bridgehead atoms. The summed E-state index contributed by atoms with van der Waals surface area (Å²) in [7, 11) is 3.30. The molecule has 4 rings (SSSR count). The van der Waals surface area contributed by atoms with Crippen LogP contribution in [0.3, 0.4) is 0 Å². The number of nitrogens with zero attached hydrogens (tertiary/aromatic N) is 4. The molecule has 1 amide bonds. The van der Waals surface area contributed by atoms with Crippen molar-refractivity contribution >= 4 is 5.91 Å². The summed E-state index contributed by atoms with van der Waals surface area (Å²) < 4.78 is 16.2. The van der Waals surface area contributed by atoms with Gasteiger partial charge in [-0.15, -0.1) is 0 Å². The molecule has 0 aromatic carbocycles. The summed E-state index contributed by atoms with van der Waals surface area (Å²) in [6, 6.07) is 3.87. The Hall–Kier alpha value is -2.45. The number of hydrogen-bond acceptors (Lipinski definition) is 7. The van der Waals surface area contributed by atoms with Gasteiger partial charge in [0.15, 0.2) is 0 Å². The quantitative estimate of drug-likeness (QED) is 0.787. The monoisotopic (exact) mass is 372 g/mol. The van der Waals surface area contributed by atoms with Gasteiger partial charge in [-0.25, -0.2) is 4.98 Å². The first kappa shape index (κ1) is 17.9. The van der Waals surface area contributed by atoms with Gasteiger partial charge in [0.1, 0.15) is 11.5 Å². The summed E-state index contributed by atoms with van der Waals surface area (Å²) in [5.41, 5.74) is 1.82. The maximum absolute atomic E-state index is 12.6. The Morgan fingerprint density at radius 2 is 2.22 bits per heavy atom. The molecule has 0 aliphatic carbocycles. The molecule has 2 aromatic heterocycles. The van der Waals surface area contributed by atoms with E-state index in [1.807, 2.05) is 12.1 Å². The van der Waals surface area contributed by atoms with Gasteiger partial charge in [0.2, 0.25) is 0 Å². The van der Waals surface area contributed by atoms with E-state index in [0.717, 1.165) is 48.8 Å². The van der Waals surface area contributed by atoms with Gasteiger partial charge in [0, 0.05) is 46.3 Å². The molecule has 2 aliphatic heterocycles. The van der Waals surface area contributed by atoms with Crippen LogP contribution in [-0.4, -0.2) is 65.6 Å². The molecule has 144 valence electrons. The van der Waals surface area contributed by atoms with Crippen molar-refractivity contribution in [3.05, 3.63) is 41.4 Å². The van der Waals surface area contributed by atoms with Crippen LogP contribution in [0, 0.1) is 0 Å². The fourth-order valence-corrected chi connectivity index (χ4v) is 3.57. The van der Waals surface area contributed by atoms with Crippen molar-refractivity contribution in [2.45, 2.75) is 32.0 Å². The lowest BCUT2D eigenvalue weighted by Crippen LogP contribution is -2.30. The van der Waals surface area contributed by atoms with Crippen LogP contribution >= 0.6 is 0 Å². The molecule has 4 heterocycles. The van der Waals surface area contributed by atoms with E-state index in [9.17, 15) is 4.79 Å². The van der Waals surface area contributed by atoms with Crippen molar-refractivity contribution in [2.75, 3.05) is 33.9 Å². The number of oxazole rings is 1. The maximum atomic E-state index is 12.6. The van der Waals surface area contributed by atoms with Crippen LogP contribution in [0.1, 0.15) is 34.3 Å². The SMILES string of the molecule is COc1ccc(CN2CCc3oc(C(=O)N4CC[C@H](OC)C4)nc3C2)nc1. The predicted molar refractivity (Wildman–Crippen MR) is 96.4 cm³/mol. The van der Waals surface area contributed by atoms with Gasteiger partial charge in [-0.05, 0) is 18.6 Å². The first-order chi connectivity index (χ1) is 13.2. The molecule has 8 heteroatoms. The van der Waals surface area contributed by atoms with Crippen LogP contribution in [0.5, 0.6) is 5.75 Å². The molecule has 0 unspecified atom stereocenters. The van der Waals surface area contributed by atoms with Crippen LogP contribution in [0.15, 0.2) is 22.7 Å². The molecule has 1 fully saturated rings. The zero-order valence-electron chi connectivity index (χ0n) is 15.7. The summed E-state index contributed by atoms with van der Waals surface area (Å²) in [6.45, 7) is 3.50. The van der Waals surface area contributed by atoms with Crippen molar-refractivity contribution in [1.29, 1.82) is 0 Å². The molecule has 8 nitrogen and oxygen atoms in total. The van der Waals surface area contributed by atoms with Gasteiger partial charge in [-0.1, -0.05) is 0 Å². The van der Waals surface area contributed by atoms with E-state index in [4.69, 9.17) is 13.9 Å². The highest BCUT2D eigenvalue weighted by atomic mass is 16.5. The first-order valence-electron chi connectivity index (χ1n) is 9.18. The maximum Gasteiger partial charge on any atom is 0.309 e. The molecule has 1 saturated heterocycles. The molecule has 27 heavy (non-hydrogen) atoms. The number of likely N-dealkylation sites (tertiary alicyclic amines) is 1. The Bertz CT molecular complexity index is 805. The second-order valence-corrected chi connectivity index (χ2v) is 6.94. The second-order valence-electron chi connectivity index (χ2n) is 6.94. The van der Waals surface area contributed by atoms with Crippen LogP contribution in [-0.2, 0) is 24.2 Å². The van der Waals surface area contributed by atoms with Crippen LogP contribution in [0.4, 0.5) is 0 Å². The summed E-state index contributed by atoms with van der Waals surface area (Å²) in [5.74, 6) is 1.62. The Morgan fingerprint density at radius 1 is 1.33 bits per heavy atom. The Labute approximate surface area is 158 Å². The van der Waals surface area contributed by atoms with Gasteiger partial charge in [0.25, 0.3) is 5.89 Å². The average molecular weight is 372 g/mol. The third kappa shape index (κ3) is 3.81. The van der Waals surface area contributed by atoms with E-state index < -0.39 is 0 Å². The number of pyridine rings is 1. The molecule has 1 atom stereocenters. The highest BCUT2D eigenvalue weighted by molar-refractivity contribution is 5.90. The van der Waals surface area contributed by atoms with E-state index in [1.54, 1.807) is 25.3 Å². The van der Waals surface area contributed by atoms with Crippen LogP contribution in [0.2, 0.25) is 0 Å². The lowest BCUT2D eigenvalue weighted by Gasteiger charge is -2.24. The molecular weight excluding hydrogens is 348 g/mol.